The van der Waals surface area contributed by atoms with Gasteiger partial charge in [-0.2, -0.15) is 0 Å². The summed E-state index contributed by atoms with van der Waals surface area (Å²) in [7, 11) is 5.00. The molecule has 4 rings (SSSR count). The first-order chi connectivity index (χ1) is 14.6. The molecule has 0 amide bonds. The van der Waals surface area contributed by atoms with E-state index >= 15 is 0 Å². The number of benzene rings is 1. The quantitative estimate of drug-likeness (QED) is 0.642. The number of hydrogen-bond acceptors (Lipinski definition) is 7. The summed E-state index contributed by atoms with van der Waals surface area (Å²) in [6.45, 7) is 1.66. The van der Waals surface area contributed by atoms with E-state index in [2.05, 4.69) is 9.88 Å². The summed E-state index contributed by atoms with van der Waals surface area (Å²) in [6, 6.07) is 10.9. The lowest BCUT2D eigenvalue weighted by Crippen LogP contribution is -2.41. The van der Waals surface area contributed by atoms with Crippen molar-refractivity contribution in [3.8, 4) is 22.8 Å². The van der Waals surface area contributed by atoms with Crippen LogP contribution in [-0.2, 0) is 11.8 Å². The van der Waals surface area contributed by atoms with Gasteiger partial charge in [0.05, 0.1) is 33.1 Å². The lowest BCUT2D eigenvalue weighted by atomic mass is 10.1. The monoisotopic (exact) mass is 408 g/mol. The van der Waals surface area contributed by atoms with Crippen LogP contribution in [0.25, 0.3) is 11.3 Å². The molecule has 1 fully saturated rings. The number of pyridine rings is 1. The molecule has 0 unspecified atom stereocenters. The summed E-state index contributed by atoms with van der Waals surface area (Å²) in [5.41, 5.74) is 2.26. The number of hydrogen-bond donors (Lipinski definition) is 0. The van der Waals surface area contributed by atoms with Crippen molar-refractivity contribution >= 4 is 5.95 Å². The number of morpholine rings is 1. The van der Waals surface area contributed by atoms with E-state index in [-0.39, 0.29) is 11.7 Å². The molecule has 1 aromatic carbocycles. The van der Waals surface area contributed by atoms with Crippen LogP contribution in [0.4, 0.5) is 5.95 Å². The zero-order valence-electron chi connectivity index (χ0n) is 17.2. The Balaban J connectivity index is 1.69. The molecule has 8 heteroatoms. The first-order valence-electron chi connectivity index (χ1n) is 9.67. The van der Waals surface area contributed by atoms with Gasteiger partial charge in [-0.1, -0.05) is 0 Å². The van der Waals surface area contributed by atoms with E-state index in [1.807, 2.05) is 30.3 Å². The highest BCUT2D eigenvalue weighted by Gasteiger charge is 2.27. The zero-order valence-corrected chi connectivity index (χ0v) is 17.2. The fraction of sp³-hybridized carbons (Fsp3) is 0.318. The van der Waals surface area contributed by atoms with Gasteiger partial charge in [0.1, 0.15) is 17.6 Å². The van der Waals surface area contributed by atoms with Crippen LogP contribution in [0.3, 0.4) is 0 Å². The normalized spacial score (nSPS) is 16.4. The van der Waals surface area contributed by atoms with E-state index in [9.17, 15) is 4.79 Å². The Morgan fingerprint density at radius 1 is 1.10 bits per heavy atom. The van der Waals surface area contributed by atoms with Gasteiger partial charge in [-0.3, -0.25) is 14.3 Å². The van der Waals surface area contributed by atoms with Gasteiger partial charge < -0.3 is 19.1 Å². The van der Waals surface area contributed by atoms with E-state index in [1.54, 1.807) is 44.3 Å². The van der Waals surface area contributed by atoms with Crippen molar-refractivity contribution in [3.63, 3.8) is 0 Å². The Bertz CT molecular complexity index is 1080. The minimum atomic E-state index is -0.245. The lowest BCUT2D eigenvalue weighted by molar-refractivity contribution is 0.0373. The van der Waals surface area contributed by atoms with Crippen molar-refractivity contribution in [2.45, 2.75) is 6.10 Å². The van der Waals surface area contributed by atoms with Crippen LogP contribution in [0.2, 0.25) is 0 Å². The van der Waals surface area contributed by atoms with E-state index in [0.717, 1.165) is 22.6 Å². The second kappa shape index (κ2) is 8.54. The summed E-state index contributed by atoms with van der Waals surface area (Å²) in [5, 5.41) is 0. The predicted molar refractivity (Wildman–Crippen MR) is 113 cm³/mol. The molecular formula is C22H24N4O4. The van der Waals surface area contributed by atoms with Crippen LogP contribution in [0, 0.1) is 0 Å². The summed E-state index contributed by atoms with van der Waals surface area (Å²) in [6.07, 6.45) is 3.13. The SMILES string of the molecule is COc1ccc(OC)c([C@@H]2CN(c3nc(-c4ccncc4)cc(=O)n3C)CCO2)c1. The van der Waals surface area contributed by atoms with Crippen molar-refractivity contribution in [2.75, 3.05) is 38.8 Å². The average Bonchev–Trinajstić information content (AvgIpc) is 2.81. The molecule has 1 saturated heterocycles. The van der Waals surface area contributed by atoms with Crippen LogP contribution in [0.5, 0.6) is 11.5 Å². The maximum atomic E-state index is 12.6. The fourth-order valence-electron chi connectivity index (χ4n) is 3.59. The smallest absolute Gasteiger partial charge is 0.255 e. The molecule has 0 radical (unpaired) electrons. The van der Waals surface area contributed by atoms with Gasteiger partial charge in [-0.05, 0) is 30.3 Å². The van der Waals surface area contributed by atoms with Crippen molar-refractivity contribution in [2.24, 2.45) is 7.05 Å². The van der Waals surface area contributed by atoms with Crippen LogP contribution in [-0.4, -0.2) is 48.5 Å². The van der Waals surface area contributed by atoms with Gasteiger partial charge in [-0.25, -0.2) is 4.98 Å². The molecule has 2 aromatic heterocycles. The number of nitrogens with zero attached hydrogens (tertiary/aromatic N) is 4. The molecule has 1 aliphatic rings. The number of aromatic nitrogens is 3. The van der Waals surface area contributed by atoms with E-state index < -0.39 is 0 Å². The zero-order chi connectivity index (χ0) is 21.1. The van der Waals surface area contributed by atoms with E-state index in [0.29, 0.717) is 31.3 Å². The second-order valence-electron chi connectivity index (χ2n) is 6.99. The highest BCUT2D eigenvalue weighted by molar-refractivity contribution is 5.59. The van der Waals surface area contributed by atoms with Crippen molar-refractivity contribution in [1.29, 1.82) is 0 Å². The highest BCUT2D eigenvalue weighted by Crippen LogP contribution is 2.34. The minimum absolute atomic E-state index is 0.117. The Hall–Kier alpha value is -3.39. The molecule has 0 N–H and O–H groups in total. The van der Waals surface area contributed by atoms with Crippen molar-refractivity contribution in [1.82, 2.24) is 14.5 Å². The summed E-state index contributed by atoms with van der Waals surface area (Å²) in [4.78, 5) is 23.5. The molecule has 0 bridgehead atoms. The average molecular weight is 408 g/mol. The first kappa shape index (κ1) is 19.9. The number of methoxy groups -OCH3 is 2. The van der Waals surface area contributed by atoms with Crippen LogP contribution >= 0.6 is 0 Å². The molecule has 0 aliphatic carbocycles. The third-order valence-corrected chi connectivity index (χ3v) is 5.22. The Morgan fingerprint density at radius 2 is 1.90 bits per heavy atom. The molecule has 30 heavy (non-hydrogen) atoms. The van der Waals surface area contributed by atoms with Crippen molar-refractivity contribution < 1.29 is 14.2 Å². The topological polar surface area (TPSA) is 78.7 Å². The van der Waals surface area contributed by atoms with Gasteiger partial charge in [0.2, 0.25) is 5.95 Å². The summed E-state index contributed by atoms with van der Waals surface area (Å²) < 4.78 is 18.5. The van der Waals surface area contributed by atoms with Crippen LogP contribution in [0.1, 0.15) is 11.7 Å². The van der Waals surface area contributed by atoms with Gasteiger partial charge in [-0.15, -0.1) is 0 Å². The lowest BCUT2D eigenvalue weighted by Gasteiger charge is -2.35. The third-order valence-electron chi connectivity index (χ3n) is 5.22. The Kier molecular flexibility index (Phi) is 5.67. The molecule has 1 aliphatic heterocycles. The van der Waals surface area contributed by atoms with Gasteiger partial charge in [0, 0.05) is 43.2 Å². The highest BCUT2D eigenvalue weighted by atomic mass is 16.5. The summed E-state index contributed by atoms with van der Waals surface area (Å²) in [5.74, 6) is 2.07. The molecule has 156 valence electrons. The standard InChI is InChI=1S/C22H24N4O4/c1-25-21(27)13-18(15-6-8-23-9-7-15)24-22(25)26-10-11-30-20(14-26)17-12-16(28-2)4-5-19(17)29-3/h4-9,12-13,20H,10-11,14H2,1-3H3/t20-/m0/s1. The minimum Gasteiger partial charge on any atom is -0.497 e. The molecule has 3 aromatic rings. The Labute approximate surface area is 174 Å². The number of ether oxygens (including phenoxy) is 3. The largest absolute Gasteiger partial charge is 0.497 e. The summed E-state index contributed by atoms with van der Waals surface area (Å²) >= 11 is 0. The fourth-order valence-corrected chi connectivity index (χ4v) is 3.59. The van der Waals surface area contributed by atoms with Gasteiger partial charge >= 0.3 is 0 Å². The van der Waals surface area contributed by atoms with Gasteiger partial charge in [0.15, 0.2) is 0 Å². The first-order valence-corrected chi connectivity index (χ1v) is 9.67. The van der Waals surface area contributed by atoms with Gasteiger partial charge in [0.25, 0.3) is 5.56 Å². The second-order valence-corrected chi connectivity index (χ2v) is 6.99. The molecule has 1 atom stereocenters. The molecule has 0 spiro atoms. The van der Waals surface area contributed by atoms with Crippen molar-refractivity contribution in [3.05, 3.63) is 64.7 Å². The van der Waals surface area contributed by atoms with E-state index in [4.69, 9.17) is 19.2 Å². The van der Waals surface area contributed by atoms with Crippen LogP contribution < -0.4 is 19.9 Å². The molecule has 8 nitrogen and oxygen atoms in total. The molecular weight excluding hydrogens is 384 g/mol. The number of anilines is 1. The number of rotatable bonds is 5. The predicted octanol–water partition coefficient (Wildman–Crippen LogP) is 2.44. The van der Waals surface area contributed by atoms with Crippen LogP contribution in [0.15, 0.2) is 53.6 Å². The molecule has 3 heterocycles. The molecule has 0 saturated carbocycles. The Morgan fingerprint density at radius 3 is 2.63 bits per heavy atom. The third kappa shape index (κ3) is 3.86. The van der Waals surface area contributed by atoms with E-state index in [1.165, 1.54) is 0 Å². The maximum Gasteiger partial charge on any atom is 0.255 e. The maximum absolute atomic E-state index is 12.6.